The number of nitrogens with one attached hydrogen (secondary N) is 1. The fraction of sp³-hybridized carbons (Fsp3) is 1.00. The van der Waals surface area contributed by atoms with Crippen LogP contribution in [0.2, 0.25) is 0 Å². The molecule has 0 amide bonds. The molecule has 2 saturated carbocycles. The van der Waals surface area contributed by atoms with E-state index < -0.39 is 0 Å². The summed E-state index contributed by atoms with van der Waals surface area (Å²) in [7, 11) is 0. The molecule has 3 rings (SSSR count). The summed E-state index contributed by atoms with van der Waals surface area (Å²) in [6, 6.07) is 1.77. The van der Waals surface area contributed by atoms with Gasteiger partial charge in [0, 0.05) is 18.6 Å². The Labute approximate surface area is 106 Å². The van der Waals surface area contributed by atoms with Gasteiger partial charge in [0.1, 0.15) is 0 Å². The van der Waals surface area contributed by atoms with Gasteiger partial charge in [-0.25, -0.2) is 0 Å². The van der Waals surface area contributed by atoms with Crippen LogP contribution in [0.15, 0.2) is 0 Å². The van der Waals surface area contributed by atoms with E-state index in [-0.39, 0.29) is 0 Å². The Morgan fingerprint density at radius 3 is 2.35 bits per heavy atom. The van der Waals surface area contributed by atoms with Crippen LogP contribution in [0.1, 0.15) is 52.4 Å². The van der Waals surface area contributed by atoms with Crippen LogP contribution in [0.25, 0.3) is 0 Å². The lowest BCUT2D eigenvalue weighted by Crippen LogP contribution is -2.44. The molecule has 1 aliphatic heterocycles. The Morgan fingerprint density at radius 2 is 1.82 bits per heavy atom. The molecule has 0 spiro atoms. The number of hydrogen-bond donors (Lipinski definition) is 1. The maximum atomic E-state index is 3.49. The first kappa shape index (κ1) is 12.0. The summed E-state index contributed by atoms with van der Waals surface area (Å²) in [5.41, 5.74) is 0.662. The van der Waals surface area contributed by atoms with E-state index in [2.05, 4.69) is 24.1 Å². The zero-order valence-corrected chi connectivity index (χ0v) is 11.5. The summed E-state index contributed by atoms with van der Waals surface area (Å²) in [5, 5.41) is 3.49. The molecule has 0 radical (unpaired) electrons. The second-order valence-corrected chi connectivity index (χ2v) is 6.95. The molecule has 0 aromatic rings. The first-order valence-corrected chi connectivity index (χ1v) is 7.65. The topological polar surface area (TPSA) is 15.3 Å². The largest absolute Gasteiger partial charge is 0.317 e. The average molecular weight is 236 g/mol. The van der Waals surface area contributed by atoms with E-state index in [1.807, 2.05) is 0 Å². The van der Waals surface area contributed by atoms with E-state index in [0.717, 1.165) is 18.0 Å². The van der Waals surface area contributed by atoms with Gasteiger partial charge in [-0.1, -0.05) is 6.92 Å². The number of nitrogens with zero attached hydrogens (tertiary/aromatic N) is 1. The Hall–Kier alpha value is -0.0800. The maximum absolute atomic E-state index is 3.49. The van der Waals surface area contributed by atoms with Crippen molar-refractivity contribution >= 4 is 0 Å². The second kappa shape index (κ2) is 4.55. The van der Waals surface area contributed by atoms with Crippen LogP contribution >= 0.6 is 0 Å². The van der Waals surface area contributed by atoms with Gasteiger partial charge in [0.2, 0.25) is 0 Å². The molecule has 1 heterocycles. The van der Waals surface area contributed by atoms with Crippen molar-refractivity contribution in [2.45, 2.75) is 64.5 Å². The lowest BCUT2D eigenvalue weighted by atomic mass is 9.93. The molecule has 17 heavy (non-hydrogen) atoms. The standard InChI is InChI=1S/C15H28N2/c1-12(15(2)7-8-15)17(14-3-4-14)11-13-5-9-16-10-6-13/h12-14,16H,3-11H2,1-2H3. The number of piperidine rings is 1. The first-order valence-electron chi connectivity index (χ1n) is 7.65. The Morgan fingerprint density at radius 1 is 1.18 bits per heavy atom. The second-order valence-electron chi connectivity index (χ2n) is 6.95. The molecule has 2 heteroatoms. The Bertz CT molecular complexity index is 262. The van der Waals surface area contributed by atoms with Crippen LogP contribution in [0, 0.1) is 11.3 Å². The average Bonchev–Trinajstić information content (AvgIpc) is 3.22. The van der Waals surface area contributed by atoms with Gasteiger partial charge < -0.3 is 5.32 Å². The minimum Gasteiger partial charge on any atom is -0.317 e. The third-order valence-electron chi connectivity index (χ3n) is 5.49. The van der Waals surface area contributed by atoms with E-state index in [9.17, 15) is 0 Å². The third kappa shape index (κ3) is 2.68. The number of hydrogen-bond acceptors (Lipinski definition) is 2. The van der Waals surface area contributed by atoms with Crippen molar-refractivity contribution in [1.29, 1.82) is 0 Å². The molecule has 1 N–H and O–H groups in total. The minimum atomic E-state index is 0.662. The maximum Gasteiger partial charge on any atom is 0.0124 e. The predicted molar refractivity (Wildman–Crippen MR) is 72.1 cm³/mol. The summed E-state index contributed by atoms with van der Waals surface area (Å²) in [5.74, 6) is 0.960. The van der Waals surface area contributed by atoms with E-state index >= 15 is 0 Å². The van der Waals surface area contributed by atoms with Gasteiger partial charge in [-0.2, -0.15) is 0 Å². The summed E-state index contributed by atoms with van der Waals surface area (Å²) in [6.45, 7) is 8.86. The first-order chi connectivity index (χ1) is 8.19. The molecule has 2 aliphatic carbocycles. The zero-order valence-electron chi connectivity index (χ0n) is 11.5. The molecular formula is C15H28N2. The van der Waals surface area contributed by atoms with Gasteiger partial charge >= 0.3 is 0 Å². The minimum absolute atomic E-state index is 0.662. The molecule has 0 aromatic heterocycles. The molecule has 2 nitrogen and oxygen atoms in total. The fourth-order valence-electron chi connectivity index (χ4n) is 3.41. The van der Waals surface area contributed by atoms with Crippen molar-refractivity contribution in [3.8, 4) is 0 Å². The van der Waals surface area contributed by atoms with Crippen LogP contribution < -0.4 is 5.32 Å². The van der Waals surface area contributed by atoms with Gasteiger partial charge in [0.15, 0.2) is 0 Å². The molecule has 3 fully saturated rings. The summed E-state index contributed by atoms with van der Waals surface area (Å²) in [4.78, 5) is 2.88. The molecule has 98 valence electrons. The molecule has 0 aromatic carbocycles. The number of rotatable bonds is 5. The smallest absolute Gasteiger partial charge is 0.0124 e. The molecule has 0 bridgehead atoms. The lowest BCUT2D eigenvalue weighted by Gasteiger charge is -2.37. The SMILES string of the molecule is CC(N(CC1CCNCC1)C1CC1)C1(C)CC1. The van der Waals surface area contributed by atoms with Crippen molar-refractivity contribution in [2.24, 2.45) is 11.3 Å². The summed E-state index contributed by atoms with van der Waals surface area (Å²) in [6.07, 6.45) is 8.64. The van der Waals surface area contributed by atoms with Crippen molar-refractivity contribution in [3.05, 3.63) is 0 Å². The van der Waals surface area contributed by atoms with Gasteiger partial charge in [-0.15, -0.1) is 0 Å². The van der Waals surface area contributed by atoms with Crippen molar-refractivity contribution < 1.29 is 0 Å². The van der Waals surface area contributed by atoms with Gasteiger partial charge in [-0.05, 0) is 69.9 Å². The van der Waals surface area contributed by atoms with Gasteiger partial charge in [0.25, 0.3) is 0 Å². The van der Waals surface area contributed by atoms with Crippen LogP contribution in [-0.2, 0) is 0 Å². The highest BCUT2D eigenvalue weighted by Gasteiger charge is 2.48. The van der Waals surface area contributed by atoms with Gasteiger partial charge in [0.05, 0.1) is 0 Å². The highest BCUT2D eigenvalue weighted by molar-refractivity contribution is 5.01. The van der Waals surface area contributed by atoms with E-state index in [1.165, 1.54) is 58.2 Å². The van der Waals surface area contributed by atoms with Crippen molar-refractivity contribution in [2.75, 3.05) is 19.6 Å². The Kier molecular flexibility index (Phi) is 3.20. The third-order valence-corrected chi connectivity index (χ3v) is 5.49. The Balaban J connectivity index is 1.59. The van der Waals surface area contributed by atoms with E-state index in [1.54, 1.807) is 0 Å². The zero-order chi connectivity index (χ0) is 11.9. The molecule has 3 aliphatic rings. The van der Waals surface area contributed by atoms with Crippen molar-refractivity contribution in [1.82, 2.24) is 10.2 Å². The summed E-state index contributed by atoms with van der Waals surface area (Å²) < 4.78 is 0. The summed E-state index contributed by atoms with van der Waals surface area (Å²) >= 11 is 0. The monoisotopic (exact) mass is 236 g/mol. The highest BCUT2D eigenvalue weighted by Crippen LogP contribution is 2.51. The normalized spacial score (nSPS) is 30.5. The molecular weight excluding hydrogens is 208 g/mol. The highest BCUT2D eigenvalue weighted by atomic mass is 15.2. The van der Waals surface area contributed by atoms with Crippen LogP contribution in [0.4, 0.5) is 0 Å². The van der Waals surface area contributed by atoms with Crippen LogP contribution in [-0.4, -0.2) is 36.6 Å². The lowest BCUT2D eigenvalue weighted by molar-refractivity contribution is 0.109. The fourth-order valence-corrected chi connectivity index (χ4v) is 3.41. The van der Waals surface area contributed by atoms with E-state index in [0.29, 0.717) is 5.41 Å². The van der Waals surface area contributed by atoms with Crippen molar-refractivity contribution in [3.63, 3.8) is 0 Å². The molecule has 1 saturated heterocycles. The van der Waals surface area contributed by atoms with Crippen LogP contribution in [0.5, 0.6) is 0 Å². The van der Waals surface area contributed by atoms with Crippen LogP contribution in [0.3, 0.4) is 0 Å². The molecule has 1 atom stereocenters. The molecule has 1 unspecified atom stereocenters. The van der Waals surface area contributed by atoms with E-state index in [4.69, 9.17) is 0 Å². The van der Waals surface area contributed by atoms with Gasteiger partial charge in [-0.3, -0.25) is 4.90 Å². The predicted octanol–water partition coefficient (Wildman–Crippen LogP) is 2.64. The quantitative estimate of drug-likeness (QED) is 0.789.